The standard InChI is InChI=1S/C25H30N2O2/c1-18-16-22(18)23(28)27-14-12-25(13-15-27,24(29)26-2)17-20-10-6-7-11-21(20)19-8-4-3-5-9-19/h3-11,18,22H,12-17H2,1-2H3,(H,26,29)/t18-,22+/m1/s1. The van der Waals surface area contributed by atoms with E-state index in [0.717, 1.165) is 6.42 Å². The second-order valence-corrected chi connectivity index (χ2v) is 8.70. The van der Waals surface area contributed by atoms with Crippen LogP contribution in [-0.4, -0.2) is 36.9 Å². The van der Waals surface area contributed by atoms with E-state index >= 15 is 0 Å². The molecule has 2 aromatic rings. The van der Waals surface area contributed by atoms with Crippen LogP contribution in [0.5, 0.6) is 0 Å². The average Bonchev–Trinajstić information content (AvgIpc) is 3.50. The fourth-order valence-corrected chi connectivity index (χ4v) is 4.74. The average molecular weight is 391 g/mol. The van der Waals surface area contributed by atoms with Crippen LogP contribution in [0.2, 0.25) is 0 Å². The lowest BCUT2D eigenvalue weighted by Crippen LogP contribution is -2.51. The first-order chi connectivity index (χ1) is 14.0. The van der Waals surface area contributed by atoms with E-state index in [1.165, 1.54) is 16.7 Å². The third-order valence-corrected chi connectivity index (χ3v) is 6.80. The van der Waals surface area contributed by atoms with Crippen molar-refractivity contribution in [1.82, 2.24) is 10.2 Å². The molecule has 0 unspecified atom stereocenters. The fourth-order valence-electron chi connectivity index (χ4n) is 4.74. The molecule has 4 heteroatoms. The molecule has 1 aliphatic carbocycles. The molecular weight excluding hydrogens is 360 g/mol. The minimum absolute atomic E-state index is 0.0900. The Labute approximate surface area is 173 Å². The Morgan fingerprint density at radius 2 is 1.66 bits per heavy atom. The van der Waals surface area contributed by atoms with E-state index in [0.29, 0.717) is 38.3 Å². The van der Waals surface area contributed by atoms with Gasteiger partial charge in [0.15, 0.2) is 0 Å². The molecule has 4 nitrogen and oxygen atoms in total. The Bertz CT molecular complexity index is 885. The number of carbonyl (C=O) groups excluding carboxylic acids is 2. The van der Waals surface area contributed by atoms with Gasteiger partial charge in [-0.3, -0.25) is 9.59 Å². The fraction of sp³-hybridized carbons (Fsp3) is 0.440. The van der Waals surface area contributed by atoms with Gasteiger partial charge < -0.3 is 10.2 Å². The maximum absolute atomic E-state index is 13.0. The van der Waals surface area contributed by atoms with Crippen LogP contribution >= 0.6 is 0 Å². The van der Waals surface area contributed by atoms with Crippen molar-refractivity contribution in [1.29, 1.82) is 0 Å². The molecule has 0 spiro atoms. The molecule has 2 amide bonds. The predicted octanol–water partition coefficient (Wildman–Crippen LogP) is 3.91. The third-order valence-electron chi connectivity index (χ3n) is 6.80. The van der Waals surface area contributed by atoms with Crippen LogP contribution in [0.25, 0.3) is 11.1 Å². The van der Waals surface area contributed by atoms with Crippen molar-refractivity contribution in [3.05, 3.63) is 60.2 Å². The van der Waals surface area contributed by atoms with Crippen LogP contribution in [0, 0.1) is 17.3 Å². The molecule has 2 aromatic carbocycles. The van der Waals surface area contributed by atoms with Crippen LogP contribution in [0.15, 0.2) is 54.6 Å². The summed E-state index contributed by atoms with van der Waals surface area (Å²) in [4.78, 5) is 27.6. The van der Waals surface area contributed by atoms with Gasteiger partial charge in [0.25, 0.3) is 0 Å². The molecule has 1 aliphatic heterocycles. The van der Waals surface area contributed by atoms with Crippen molar-refractivity contribution in [2.75, 3.05) is 20.1 Å². The van der Waals surface area contributed by atoms with Crippen LogP contribution in [-0.2, 0) is 16.0 Å². The highest BCUT2D eigenvalue weighted by Gasteiger charge is 2.46. The lowest BCUT2D eigenvalue weighted by atomic mass is 9.72. The number of benzene rings is 2. The second-order valence-electron chi connectivity index (χ2n) is 8.70. The van der Waals surface area contributed by atoms with Gasteiger partial charge in [-0.05, 0) is 48.3 Å². The van der Waals surface area contributed by atoms with Gasteiger partial charge in [0.2, 0.25) is 11.8 Å². The number of nitrogens with one attached hydrogen (secondary N) is 1. The summed E-state index contributed by atoms with van der Waals surface area (Å²) in [6.45, 7) is 3.48. The molecule has 29 heavy (non-hydrogen) atoms. The van der Waals surface area contributed by atoms with Crippen LogP contribution in [0.4, 0.5) is 0 Å². The third kappa shape index (κ3) is 3.93. The molecule has 1 saturated carbocycles. The second kappa shape index (κ2) is 8.02. The molecule has 2 atom stereocenters. The van der Waals surface area contributed by atoms with Crippen LogP contribution in [0.3, 0.4) is 0 Å². The molecule has 0 aromatic heterocycles. The lowest BCUT2D eigenvalue weighted by molar-refractivity contribution is -0.141. The zero-order chi connectivity index (χ0) is 20.4. The number of amides is 2. The number of rotatable bonds is 5. The van der Waals surface area contributed by atoms with Crippen LogP contribution < -0.4 is 5.32 Å². The van der Waals surface area contributed by atoms with Crippen molar-refractivity contribution in [3.8, 4) is 11.1 Å². The van der Waals surface area contributed by atoms with Gasteiger partial charge in [-0.25, -0.2) is 0 Å². The molecule has 2 fully saturated rings. The maximum Gasteiger partial charge on any atom is 0.226 e. The maximum atomic E-state index is 13.0. The van der Waals surface area contributed by atoms with Gasteiger partial charge in [0, 0.05) is 26.1 Å². The van der Waals surface area contributed by atoms with Gasteiger partial charge >= 0.3 is 0 Å². The summed E-state index contributed by atoms with van der Waals surface area (Å²) >= 11 is 0. The first-order valence-corrected chi connectivity index (χ1v) is 10.7. The number of piperidine rings is 1. The van der Waals surface area contributed by atoms with Crippen LogP contribution in [0.1, 0.15) is 31.7 Å². The molecule has 0 bridgehead atoms. The predicted molar refractivity (Wildman–Crippen MR) is 115 cm³/mol. The minimum atomic E-state index is -0.467. The van der Waals surface area contributed by atoms with Gasteiger partial charge in [-0.1, -0.05) is 61.5 Å². The van der Waals surface area contributed by atoms with Crippen molar-refractivity contribution in [2.45, 2.75) is 32.6 Å². The van der Waals surface area contributed by atoms with Crippen molar-refractivity contribution in [3.63, 3.8) is 0 Å². The molecule has 1 N–H and O–H groups in total. The molecule has 4 rings (SSSR count). The van der Waals surface area contributed by atoms with E-state index in [1.807, 2.05) is 29.2 Å². The largest absolute Gasteiger partial charge is 0.359 e. The van der Waals surface area contributed by atoms with Crippen molar-refractivity contribution < 1.29 is 9.59 Å². The van der Waals surface area contributed by atoms with E-state index in [-0.39, 0.29) is 17.7 Å². The Morgan fingerprint density at radius 3 is 2.28 bits per heavy atom. The zero-order valence-electron chi connectivity index (χ0n) is 17.4. The Kier molecular flexibility index (Phi) is 5.44. The first kappa shape index (κ1) is 19.7. The van der Waals surface area contributed by atoms with Crippen molar-refractivity contribution in [2.24, 2.45) is 17.3 Å². The summed E-state index contributed by atoms with van der Waals surface area (Å²) < 4.78 is 0. The van der Waals surface area contributed by atoms with Crippen molar-refractivity contribution >= 4 is 11.8 Å². The van der Waals surface area contributed by atoms with Gasteiger partial charge in [0.05, 0.1) is 5.41 Å². The van der Waals surface area contributed by atoms with E-state index < -0.39 is 5.41 Å². The summed E-state index contributed by atoms with van der Waals surface area (Å²) in [6.07, 6.45) is 3.13. The highest BCUT2D eigenvalue weighted by atomic mass is 16.2. The number of carbonyl (C=O) groups is 2. The molecule has 152 valence electrons. The summed E-state index contributed by atoms with van der Waals surface area (Å²) in [5.41, 5.74) is 3.08. The summed E-state index contributed by atoms with van der Waals surface area (Å²) in [5.74, 6) is 1.10. The molecule has 2 aliphatic rings. The molecular formula is C25H30N2O2. The highest BCUT2D eigenvalue weighted by molar-refractivity contribution is 5.85. The van der Waals surface area contributed by atoms with E-state index in [9.17, 15) is 9.59 Å². The molecule has 1 saturated heterocycles. The molecule has 0 radical (unpaired) electrons. The van der Waals surface area contributed by atoms with Gasteiger partial charge in [-0.15, -0.1) is 0 Å². The topological polar surface area (TPSA) is 49.4 Å². The monoisotopic (exact) mass is 390 g/mol. The number of likely N-dealkylation sites (tertiary alicyclic amines) is 1. The SMILES string of the molecule is CNC(=O)C1(Cc2ccccc2-c2ccccc2)CCN(C(=O)[C@H]2C[C@H]2C)CC1. The van der Waals surface area contributed by atoms with Gasteiger partial charge in [-0.2, -0.15) is 0 Å². The van der Waals surface area contributed by atoms with E-state index in [1.54, 1.807) is 7.05 Å². The van der Waals surface area contributed by atoms with Gasteiger partial charge in [0.1, 0.15) is 0 Å². The quantitative estimate of drug-likeness (QED) is 0.842. The summed E-state index contributed by atoms with van der Waals surface area (Å²) in [6, 6.07) is 18.7. The normalized spacial score (nSPS) is 22.8. The number of hydrogen-bond donors (Lipinski definition) is 1. The minimum Gasteiger partial charge on any atom is -0.359 e. The summed E-state index contributed by atoms with van der Waals surface area (Å²) in [7, 11) is 1.72. The van der Waals surface area contributed by atoms with E-state index in [4.69, 9.17) is 0 Å². The summed E-state index contributed by atoms with van der Waals surface area (Å²) in [5, 5.41) is 2.90. The lowest BCUT2D eigenvalue weighted by Gasteiger charge is -2.41. The first-order valence-electron chi connectivity index (χ1n) is 10.7. The Balaban J connectivity index is 1.57. The molecule has 1 heterocycles. The highest BCUT2D eigenvalue weighted by Crippen LogP contribution is 2.42. The Morgan fingerprint density at radius 1 is 1.03 bits per heavy atom. The zero-order valence-corrected chi connectivity index (χ0v) is 17.4. The number of hydrogen-bond acceptors (Lipinski definition) is 2. The Hall–Kier alpha value is -2.62. The smallest absolute Gasteiger partial charge is 0.226 e. The van der Waals surface area contributed by atoms with E-state index in [2.05, 4.69) is 42.6 Å². The number of nitrogens with zero attached hydrogens (tertiary/aromatic N) is 1.